The van der Waals surface area contributed by atoms with Gasteiger partial charge < -0.3 is 15.4 Å². The molecule has 0 aliphatic carbocycles. The lowest BCUT2D eigenvalue weighted by molar-refractivity contribution is -0.123. The molecule has 5 rings (SSSR count). The number of amides is 2. The quantitative estimate of drug-likeness (QED) is 0.339. The summed E-state index contributed by atoms with van der Waals surface area (Å²) in [5.41, 5.74) is 2.65. The smallest absolute Gasteiger partial charge is 0.220 e. The molecule has 0 radical (unpaired) electrons. The zero-order valence-corrected chi connectivity index (χ0v) is 20.9. The Hall–Kier alpha value is -4.19. The topological polar surface area (TPSA) is 80.3 Å². The van der Waals surface area contributed by atoms with E-state index in [1.165, 1.54) is 0 Å². The van der Waals surface area contributed by atoms with E-state index in [4.69, 9.17) is 4.74 Å². The molecule has 1 aliphatic heterocycles. The van der Waals surface area contributed by atoms with E-state index < -0.39 is 5.54 Å². The molecular formula is C31H31N3O3. The fraction of sp³-hybridized carbons (Fsp3) is 0.258. The van der Waals surface area contributed by atoms with Gasteiger partial charge in [-0.15, -0.1) is 0 Å². The fourth-order valence-electron chi connectivity index (χ4n) is 5.36. The zero-order valence-electron chi connectivity index (χ0n) is 20.9. The molecule has 6 nitrogen and oxygen atoms in total. The van der Waals surface area contributed by atoms with Crippen LogP contribution in [0, 0.1) is 0 Å². The monoisotopic (exact) mass is 493 g/mol. The van der Waals surface area contributed by atoms with Crippen molar-refractivity contribution in [3.8, 4) is 5.75 Å². The Morgan fingerprint density at radius 1 is 0.973 bits per heavy atom. The SMILES string of the molecule is COc1ccc(CC2(CCC(=O)NC(c3ccccc3)c3ccncc3)CCC(=O)N2)c2ccccc12. The summed E-state index contributed by atoms with van der Waals surface area (Å²) >= 11 is 0. The van der Waals surface area contributed by atoms with Gasteiger partial charge in [-0.3, -0.25) is 14.6 Å². The molecule has 3 aromatic carbocycles. The lowest BCUT2D eigenvalue weighted by Crippen LogP contribution is -2.44. The van der Waals surface area contributed by atoms with Gasteiger partial charge >= 0.3 is 0 Å². The van der Waals surface area contributed by atoms with Crippen LogP contribution in [0.5, 0.6) is 5.75 Å². The molecule has 37 heavy (non-hydrogen) atoms. The number of pyridine rings is 1. The highest BCUT2D eigenvalue weighted by molar-refractivity contribution is 5.91. The summed E-state index contributed by atoms with van der Waals surface area (Å²) in [5.74, 6) is 0.814. The van der Waals surface area contributed by atoms with E-state index in [1.807, 2.05) is 66.7 Å². The van der Waals surface area contributed by atoms with Crippen LogP contribution in [0.4, 0.5) is 0 Å². The van der Waals surface area contributed by atoms with Gasteiger partial charge in [-0.1, -0.05) is 60.7 Å². The molecule has 0 saturated carbocycles. The number of benzene rings is 3. The van der Waals surface area contributed by atoms with Crippen LogP contribution in [0.25, 0.3) is 10.8 Å². The first kappa shape index (κ1) is 24.5. The minimum absolute atomic E-state index is 0.0390. The van der Waals surface area contributed by atoms with E-state index in [2.05, 4.69) is 27.8 Å². The number of aromatic nitrogens is 1. The molecule has 2 amide bonds. The van der Waals surface area contributed by atoms with Crippen LogP contribution in [-0.2, 0) is 16.0 Å². The molecule has 1 fully saturated rings. The number of nitrogens with zero attached hydrogens (tertiary/aromatic N) is 1. The minimum atomic E-state index is -0.468. The summed E-state index contributed by atoms with van der Waals surface area (Å²) in [7, 11) is 1.67. The Morgan fingerprint density at radius 2 is 1.68 bits per heavy atom. The highest BCUT2D eigenvalue weighted by atomic mass is 16.5. The third-order valence-corrected chi connectivity index (χ3v) is 7.27. The Labute approximate surface area is 217 Å². The highest BCUT2D eigenvalue weighted by Crippen LogP contribution is 2.35. The number of carbonyl (C=O) groups is 2. The van der Waals surface area contributed by atoms with Crippen LogP contribution < -0.4 is 15.4 Å². The minimum Gasteiger partial charge on any atom is -0.496 e. The molecular weight excluding hydrogens is 462 g/mol. The molecule has 6 heteroatoms. The maximum Gasteiger partial charge on any atom is 0.220 e. The van der Waals surface area contributed by atoms with Gasteiger partial charge in [0, 0.05) is 36.2 Å². The van der Waals surface area contributed by atoms with Crippen LogP contribution in [0.2, 0.25) is 0 Å². The van der Waals surface area contributed by atoms with Gasteiger partial charge in [-0.25, -0.2) is 0 Å². The predicted molar refractivity (Wildman–Crippen MR) is 144 cm³/mol. The van der Waals surface area contributed by atoms with E-state index in [-0.39, 0.29) is 17.9 Å². The number of nitrogens with one attached hydrogen (secondary N) is 2. The van der Waals surface area contributed by atoms with Crippen LogP contribution in [0.3, 0.4) is 0 Å². The summed E-state index contributed by atoms with van der Waals surface area (Å²) in [6.45, 7) is 0. The number of hydrogen-bond acceptors (Lipinski definition) is 4. The molecule has 1 aromatic heterocycles. The Balaban J connectivity index is 1.35. The molecule has 1 aliphatic rings. The molecule has 188 valence electrons. The normalized spacial score (nSPS) is 17.8. The average molecular weight is 494 g/mol. The van der Waals surface area contributed by atoms with Gasteiger partial charge in [0.25, 0.3) is 0 Å². The van der Waals surface area contributed by atoms with Crippen molar-refractivity contribution in [3.05, 3.63) is 108 Å². The third-order valence-electron chi connectivity index (χ3n) is 7.27. The standard InChI is InChI=1S/C31H31N3O3/c1-37-27-12-11-24(25-9-5-6-10-26(25)27)21-31(18-14-29(36)34-31)17-13-28(35)33-30(22-7-3-2-4-8-22)23-15-19-32-20-16-23/h2-12,15-16,19-20,30H,13-14,17-18,21H2,1H3,(H,33,35)(H,34,36). The number of methoxy groups -OCH3 is 1. The first-order valence-electron chi connectivity index (χ1n) is 12.7. The molecule has 2 N–H and O–H groups in total. The molecule has 2 heterocycles. The predicted octanol–water partition coefficient (Wildman–Crippen LogP) is 5.12. The van der Waals surface area contributed by atoms with Crippen molar-refractivity contribution in [2.75, 3.05) is 7.11 Å². The molecule has 2 atom stereocenters. The molecule has 1 saturated heterocycles. The van der Waals surface area contributed by atoms with E-state index >= 15 is 0 Å². The number of hydrogen-bond donors (Lipinski definition) is 2. The van der Waals surface area contributed by atoms with Gasteiger partial charge in [0.1, 0.15) is 5.75 Å². The summed E-state index contributed by atoms with van der Waals surface area (Å²) in [4.78, 5) is 29.8. The Morgan fingerprint density at radius 3 is 2.38 bits per heavy atom. The Bertz CT molecular complexity index is 1350. The lowest BCUT2D eigenvalue weighted by atomic mass is 9.83. The van der Waals surface area contributed by atoms with Crippen LogP contribution in [-0.4, -0.2) is 29.4 Å². The zero-order chi connectivity index (χ0) is 25.7. The van der Waals surface area contributed by atoms with Gasteiger partial charge in [0.15, 0.2) is 0 Å². The second-order valence-corrected chi connectivity index (χ2v) is 9.67. The molecule has 2 unspecified atom stereocenters. The number of rotatable bonds is 9. The molecule has 0 bridgehead atoms. The number of ether oxygens (including phenoxy) is 1. The number of fused-ring (bicyclic) bond motifs is 1. The van der Waals surface area contributed by atoms with Gasteiger partial charge in [-0.05, 0) is 59.5 Å². The summed E-state index contributed by atoms with van der Waals surface area (Å²) in [6, 6.07) is 25.7. The van der Waals surface area contributed by atoms with E-state index in [9.17, 15) is 9.59 Å². The number of carbonyl (C=O) groups excluding carboxylic acids is 2. The molecule has 4 aromatic rings. The highest BCUT2D eigenvalue weighted by Gasteiger charge is 2.38. The second-order valence-electron chi connectivity index (χ2n) is 9.67. The average Bonchev–Trinajstić information content (AvgIpc) is 3.32. The Kier molecular flexibility index (Phi) is 7.17. The van der Waals surface area contributed by atoms with Gasteiger partial charge in [0.05, 0.1) is 13.2 Å². The van der Waals surface area contributed by atoms with Crippen molar-refractivity contribution in [1.29, 1.82) is 0 Å². The van der Waals surface area contributed by atoms with Gasteiger partial charge in [-0.2, -0.15) is 0 Å². The van der Waals surface area contributed by atoms with Crippen LogP contribution in [0.1, 0.15) is 48.4 Å². The lowest BCUT2D eigenvalue weighted by Gasteiger charge is -2.30. The summed E-state index contributed by atoms with van der Waals surface area (Å²) < 4.78 is 5.56. The van der Waals surface area contributed by atoms with Crippen molar-refractivity contribution in [1.82, 2.24) is 15.6 Å². The fourth-order valence-corrected chi connectivity index (χ4v) is 5.36. The van der Waals surface area contributed by atoms with Crippen LogP contribution >= 0.6 is 0 Å². The van der Waals surface area contributed by atoms with Crippen molar-refractivity contribution in [2.45, 2.75) is 43.7 Å². The maximum atomic E-state index is 13.3. The van der Waals surface area contributed by atoms with Gasteiger partial charge in [0.2, 0.25) is 11.8 Å². The van der Waals surface area contributed by atoms with E-state index in [1.54, 1.807) is 19.5 Å². The van der Waals surface area contributed by atoms with Crippen molar-refractivity contribution < 1.29 is 14.3 Å². The summed E-state index contributed by atoms with van der Waals surface area (Å²) in [6.07, 6.45) is 6.17. The molecule has 0 spiro atoms. The van der Waals surface area contributed by atoms with Crippen molar-refractivity contribution in [2.24, 2.45) is 0 Å². The van der Waals surface area contributed by atoms with E-state index in [0.717, 1.165) is 33.2 Å². The first-order chi connectivity index (χ1) is 18.1. The van der Waals surface area contributed by atoms with E-state index in [0.29, 0.717) is 32.1 Å². The van der Waals surface area contributed by atoms with Crippen LogP contribution in [0.15, 0.2) is 91.3 Å². The van der Waals surface area contributed by atoms with Crippen molar-refractivity contribution in [3.63, 3.8) is 0 Å². The summed E-state index contributed by atoms with van der Waals surface area (Å²) in [5, 5.41) is 8.59. The third kappa shape index (κ3) is 5.48. The first-order valence-corrected chi connectivity index (χ1v) is 12.7. The van der Waals surface area contributed by atoms with Crippen molar-refractivity contribution >= 4 is 22.6 Å². The second kappa shape index (κ2) is 10.8. The largest absolute Gasteiger partial charge is 0.496 e. The maximum absolute atomic E-state index is 13.3.